The molecule has 1 rings (SSSR count). The monoisotopic (exact) mass is 424 g/mol. The smallest absolute Gasteiger partial charge is 0.191 e. The second-order valence-corrected chi connectivity index (χ2v) is 5.89. The average molecular weight is 424 g/mol. The van der Waals surface area contributed by atoms with Crippen LogP contribution in [0, 0.1) is 0 Å². The van der Waals surface area contributed by atoms with E-state index in [1.54, 1.807) is 11.3 Å². The van der Waals surface area contributed by atoms with E-state index >= 15 is 0 Å². The van der Waals surface area contributed by atoms with Gasteiger partial charge in [0.15, 0.2) is 5.96 Å². The summed E-state index contributed by atoms with van der Waals surface area (Å²) in [5.74, 6) is 0.907. The Hall–Kier alpha value is -0.340. The van der Waals surface area contributed by atoms with Crippen LogP contribution in [0.1, 0.15) is 31.6 Å². The highest BCUT2D eigenvalue weighted by Gasteiger charge is 2.00. The molecule has 0 amide bonds. The summed E-state index contributed by atoms with van der Waals surface area (Å²) in [4.78, 5) is 8.26. The van der Waals surface area contributed by atoms with Crippen molar-refractivity contribution in [3.05, 3.63) is 22.4 Å². The molecule has 4 nitrogen and oxygen atoms in total. The lowest BCUT2D eigenvalue weighted by Crippen LogP contribution is -2.41. The first-order chi connectivity index (χ1) is 9.76. The van der Waals surface area contributed by atoms with Gasteiger partial charge >= 0.3 is 0 Å². The van der Waals surface area contributed by atoms with Gasteiger partial charge in [-0.3, -0.25) is 0 Å². The maximum absolute atomic E-state index is 4.60. The summed E-state index contributed by atoms with van der Waals surface area (Å²) in [6, 6.07) is 4.19. The molecule has 0 aliphatic heterocycles. The maximum Gasteiger partial charge on any atom is 0.191 e. The molecule has 0 fully saturated rings. The number of nitrogens with one attached hydrogen (secondary N) is 2. The Morgan fingerprint density at radius 3 is 2.71 bits per heavy atom. The maximum atomic E-state index is 4.60. The molecule has 0 aliphatic carbocycles. The molecule has 0 atom stereocenters. The van der Waals surface area contributed by atoms with E-state index in [2.05, 4.69) is 58.9 Å². The zero-order valence-corrected chi connectivity index (χ0v) is 16.5. The number of guanidine groups is 1. The van der Waals surface area contributed by atoms with Crippen molar-refractivity contribution in [1.82, 2.24) is 15.5 Å². The van der Waals surface area contributed by atoms with Gasteiger partial charge in [-0.2, -0.15) is 0 Å². The van der Waals surface area contributed by atoms with Crippen molar-refractivity contribution in [2.24, 2.45) is 4.99 Å². The molecule has 0 saturated carbocycles. The summed E-state index contributed by atoms with van der Waals surface area (Å²) in [6.45, 7) is 9.10. The largest absolute Gasteiger partial charge is 0.357 e. The van der Waals surface area contributed by atoms with Crippen LogP contribution in [0.5, 0.6) is 0 Å². The van der Waals surface area contributed by atoms with E-state index in [0.29, 0.717) is 0 Å². The molecule has 1 aromatic rings. The van der Waals surface area contributed by atoms with Gasteiger partial charge < -0.3 is 15.5 Å². The Morgan fingerprint density at radius 2 is 2.10 bits per heavy atom. The van der Waals surface area contributed by atoms with Crippen molar-refractivity contribution < 1.29 is 0 Å². The van der Waals surface area contributed by atoms with Gasteiger partial charge in [0.05, 0.1) is 6.54 Å². The summed E-state index contributed by atoms with van der Waals surface area (Å²) in [5, 5.41) is 8.77. The van der Waals surface area contributed by atoms with E-state index < -0.39 is 0 Å². The minimum atomic E-state index is 0. The highest BCUT2D eigenvalue weighted by Crippen LogP contribution is 2.09. The predicted octanol–water partition coefficient (Wildman–Crippen LogP) is 3.15. The molecule has 0 spiro atoms. The van der Waals surface area contributed by atoms with Gasteiger partial charge in [-0.05, 0) is 38.4 Å². The molecule has 2 N–H and O–H groups in total. The minimum Gasteiger partial charge on any atom is -0.357 e. The van der Waals surface area contributed by atoms with Crippen LogP contribution >= 0.6 is 35.3 Å². The van der Waals surface area contributed by atoms with Gasteiger partial charge in [0.25, 0.3) is 0 Å². The van der Waals surface area contributed by atoms with Crippen molar-refractivity contribution in [2.75, 3.05) is 33.2 Å². The van der Waals surface area contributed by atoms with Gasteiger partial charge in [-0.1, -0.05) is 19.4 Å². The number of unbranched alkanes of at least 4 members (excludes halogenated alkanes) is 1. The molecule has 1 aromatic heterocycles. The quantitative estimate of drug-likeness (QED) is 0.364. The van der Waals surface area contributed by atoms with Crippen LogP contribution in [0.15, 0.2) is 22.5 Å². The lowest BCUT2D eigenvalue weighted by Gasteiger charge is -2.17. The molecule has 21 heavy (non-hydrogen) atoms. The molecule has 0 radical (unpaired) electrons. The van der Waals surface area contributed by atoms with E-state index in [9.17, 15) is 0 Å². The van der Waals surface area contributed by atoms with E-state index in [4.69, 9.17) is 0 Å². The zero-order chi connectivity index (χ0) is 14.6. The molecule has 122 valence electrons. The summed E-state index contributed by atoms with van der Waals surface area (Å²) in [6.07, 6.45) is 2.52. The van der Waals surface area contributed by atoms with Gasteiger partial charge in [0, 0.05) is 24.5 Å². The first-order valence-corrected chi connectivity index (χ1v) is 8.37. The van der Waals surface area contributed by atoms with Crippen molar-refractivity contribution in [3.8, 4) is 0 Å². The second kappa shape index (κ2) is 13.3. The number of aliphatic imine (C=N–C) groups is 1. The number of nitrogens with zero attached hydrogens (tertiary/aromatic N) is 2. The third-order valence-corrected chi connectivity index (χ3v) is 3.86. The second-order valence-electron chi connectivity index (χ2n) is 4.86. The van der Waals surface area contributed by atoms with Gasteiger partial charge in [-0.15, -0.1) is 35.3 Å². The normalized spacial score (nSPS) is 11.3. The number of likely N-dealkylation sites (N-methyl/N-ethyl adjacent to an activating group) is 1. The lowest BCUT2D eigenvalue weighted by molar-refractivity contribution is 0.332. The number of halogens is 1. The van der Waals surface area contributed by atoms with Gasteiger partial charge in [-0.25, -0.2) is 4.99 Å². The van der Waals surface area contributed by atoms with Crippen LogP contribution in [0.2, 0.25) is 0 Å². The van der Waals surface area contributed by atoms with Crippen molar-refractivity contribution in [3.63, 3.8) is 0 Å². The molecular weight excluding hydrogens is 395 g/mol. The Bertz CT molecular complexity index is 368. The van der Waals surface area contributed by atoms with Crippen LogP contribution in [0.25, 0.3) is 0 Å². The van der Waals surface area contributed by atoms with Crippen LogP contribution in [0.4, 0.5) is 0 Å². The number of rotatable bonds is 9. The third kappa shape index (κ3) is 10.1. The Kier molecular flexibility index (Phi) is 13.1. The fraction of sp³-hybridized carbons (Fsp3) is 0.667. The molecule has 0 aromatic carbocycles. The Balaban J connectivity index is 0.00000400. The molecular formula is C15H29IN4S. The number of hydrogen-bond donors (Lipinski definition) is 2. The third-order valence-electron chi connectivity index (χ3n) is 3.00. The molecule has 0 bridgehead atoms. The summed E-state index contributed by atoms with van der Waals surface area (Å²) in [7, 11) is 2.17. The Morgan fingerprint density at radius 1 is 1.29 bits per heavy atom. The topological polar surface area (TPSA) is 39.7 Å². The van der Waals surface area contributed by atoms with Crippen LogP contribution in [-0.2, 0) is 6.54 Å². The van der Waals surface area contributed by atoms with Crippen molar-refractivity contribution in [2.45, 2.75) is 33.2 Å². The first-order valence-electron chi connectivity index (χ1n) is 7.49. The summed E-state index contributed by atoms with van der Waals surface area (Å²) < 4.78 is 0. The standard InChI is InChI=1S/C15H28N4S.HI/c1-4-6-10-19(3)11-9-17-15(16-5-2)18-13-14-8-7-12-20-14;/h7-8,12H,4-6,9-11,13H2,1-3H3,(H2,16,17,18);1H. The summed E-state index contributed by atoms with van der Waals surface area (Å²) in [5.41, 5.74) is 0. The fourth-order valence-corrected chi connectivity index (χ4v) is 2.43. The van der Waals surface area contributed by atoms with Gasteiger partial charge in [0.1, 0.15) is 0 Å². The van der Waals surface area contributed by atoms with Crippen LogP contribution in [-0.4, -0.2) is 44.1 Å². The van der Waals surface area contributed by atoms with E-state index in [1.807, 2.05) is 0 Å². The molecule has 0 aliphatic rings. The van der Waals surface area contributed by atoms with Crippen molar-refractivity contribution in [1.29, 1.82) is 0 Å². The van der Waals surface area contributed by atoms with E-state index in [1.165, 1.54) is 24.3 Å². The van der Waals surface area contributed by atoms with Gasteiger partial charge in [0.2, 0.25) is 0 Å². The number of hydrogen-bond acceptors (Lipinski definition) is 3. The molecule has 0 unspecified atom stereocenters. The van der Waals surface area contributed by atoms with E-state index in [0.717, 1.165) is 32.1 Å². The minimum absolute atomic E-state index is 0. The first kappa shape index (κ1) is 20.7. The average Bonchev–Trinajstić information content (AvgIpc) is 2.95. The fourth-order valence-electron chi connectivity index (χ4n) is 1.81. The van der Waals surface area contributed by atoms with Crippen LogP contribution < -0.4 is 10.6 Å². The highest BCUT2D eigenvalue weighted by molar-refractivity contribution is 14.0. The lowest BCUT2D eigenvalue weighted by atomic mass is 10.3. The van der Waals surface area contributed by atoms with Crippen molar-refractivity contribution >= 4 is 41.3 Å². The molecule has 0 saturated heterocycles. The number of thiophene rings is 1. The molecule has 1 heterocycles. The predicted molar refractivity (Wildman–Crippen MR) is 105 cm³/mol. The van der Waals surface area contributed by atoms with E-state index in [-0.39, 0.29) is 24.0 Å². The highest BCUT2D eigenvalue weighted by atomic mass is 127. The SMILES string of the molecule is CCCCN(C)CCNC(=NCc1cccs1)NCC.I. The van der Waals surface area contributed by atoms with Crippen LogP contribution in [0.3, 0.4) is 0 Å². The Labute approximate surface area is 150 Å². The molecule has 6 heteroatoms. The summed E-state index contributed by atoms with van der Waals surface area (Å²) >= 11 is 1.75. The zero-order valence-electron chi connectivity index (χ0n) is 13.4.